The van der Waals surface area contributed by atoms with E-state index in [0.717, 1.165) is 5.57 Å². The fourth-order valence-corrected chi connectivity index (χ4v) is 0.143. The molecule has 0 unspecified atom stereocenters. The third-order valence-corrected chi connectivity index (χ3v) is 0.363. The molecule has 0 heterocycles. The maximum Gasteiger partial charge on any atom is 0.120 e. The van der Waals surface area contributed by atoms with Gasteiger partial charge in [0.25, 0.3) is 0 Å². The average molecular weight is 159 g/mol. The van der Waals surface area contributed by atoms with Gasteiger partial charge in [-0.15, -0.1) is 0 Å². The van der Waals surface area contributed by atoms with Crippen LogP contribution in [0.2, 0.25) is 0 Å². The van der Waals surface area contributed by atoms with E-state index in [2.05, 4.69) is 16.7 Å². The smallest absolute Gasteiger partial charge is 0.120 e. The summed E-state index contributed by atoms with van der Waals surface area (Å²) in [6, 6.07) is 0. The number of rotatable bonds is 2. The van der Waals surface area contributed by atoms with E-state index in [1.165, 1.54) is 6.26 Å². The van der Waals surface area contributed by atoms with Crippen molar-refractivity contribution in [1.82, 2.24) is 0 Å². The number of hydrogen-bond donors (Lipinski definition) is 0. The Morgan fingerprint density at radius 2 is 1.55 bits per heavy atom. The first-order valence-corrected chi connectivity index (χ1v) is 4.02. The van der Waals surface area contributed by atoms with E-state index in [1.54, 1.807) is 0 Å². The summed E-state index contributed by atoms with van der Waals surface area (Å²) in [6.07, 6.45) is 1.53. The molecule has 0 aromatic rings. The molecule has 0 aliphatic rings. The molecule has 2 heteroatoms. The van der Waals surface area contributed by atoms with Gasteiger partial charge in [-0.25, -0.2) is 0 Å². The standard InChI is InChI=1S/C5H9NO.2C2H6/c1-5(2)4-7-6-3;2*1-2/h4H,3H2,1-2H3;2*1-2H3. The van der Waals surface area contributed by atoms with Gasteiger partial charge >= 0.3 is 0 Å². The maximum atomic E-state index is 4.45. The molecule has 0 aromatic heterocycles. The van der Waals surface area contributed by atoms with Crippen molar-refractivity contribution in [2.75, 3.05) is 0 Å². The van der Waals surface area contributed by atoms with E-state index >= 15 is 0 Å². The molecule has 2 nitrogen and oxygen atoms in total. The van der Waals surface area contributed by atoms with E-state index in [0.29, 0.717) is 0 Å². The first kappa shape index (κ1) is 16.7. The van der Waals surface area contributed by atoms with Crippen LogP contribution in [0.3, 0.4) is 0 Å². The van der Waals surface area contributed by atoms with Crippen molar-refractivity contribution in [2.24, 2.45) is 5.16 Å². The Labute approximate surface area is 70.9 Å². The minimum absolute atomic E-state index is 1.08. The quantitative estimate of drug-likeness (QED) is 0.343. The Bertz CT molecular complexity index is 83.6. The molecule has 0 fully saturated rings. The average Bonchev–Trinajstić information content (AvgIpc) is 2.08. The molecule has 0 aliphatic carbocycles. The largest absolute Gasteiger partial charge is 0.366 e. The fraction of sp³-hybridized carbons (Fsp3) is 0.667. The fourth-order valence-electron chi connectivity index (χ4n) is 0.143. The Morgan fingerprint density at radius 3 is 1.64 bits per heavy atom. The zero-order valence-electron chi connectivity index (χ0n) is 8.64. The predicted molar refractivity (Wildman–Crippen MR) is 52.8 cm³/mol. The van der Waals surface area contributed by atoms with Crippen molar-refractivity contribution in [3.63, 3.8) is 0 Å². The second kappa shape index (κ2) is 22.9. The molecule has 0 saturated carbocycles. The molecule has 0 aromatic carbocycles. The monoisotopic (exact) mass is 159 g/mol. The number of hydrogen-bond acceptors (Lipinski definition) is 2. The molecule has 0 N–H and O–H groups in total. The highest BCUT2D eigenvalue weighted by atomic mass is 16.6. The lowest BCUT2D eigenvalue weighted by Gasteiger charge is -1.84. The lowest BCUT2D eigenvalue weighted by Crippen LogP contribution is -1.66. The molecular formula is C9H21NO. The Hall–Kier alpha value is -0.790. The van der Waals surface area contributed by atoms with Crippen molar-refractivity contribution in [2.45, 2.75) is 41.5 Å². The van der Waals surface area contributed by atoms with Gasteiger partial charge in [-0.2, -0.15) is 0 Å². The molecule has 0 aliphatic heterocycles. The lowest BCUT2D eigenvalue weighted by atomic mass is 10.4. The second-order valence-corrected chi connectivity index (χ2v) is 1.43. The van der Waals surface area contributed by atoms with Gasteiger partial charge in [0.2, 0.25) is 0 Å². The Kier molecular flexibility index (Phi) is 34.6. The lowest BCUT2D eigenvalue weighted by molar-refractivity contribution is 0.269. The van der Waals surface area contributed by atoms with E-state index in [-0.39, 0.29) is 0 Å². The number of nitrogens with zero attached hydrogens (tertiary/aromatic N) is 1. The highest BCUT2D eigenvalue weighted by Crippen LogP contribution is 1.87. The van der Waals surface area contributed by atoms with Gasteiger partial charge in [0.1, 0.15) is 6.26 Å². The topological polar surface area (TPSA) is 21.6 Å². The van der Waals surface area contributed by atoms with Crippen LogP contribution in [0, 0.1) is 0 Å². The summed E-state index contributed by atoms with van der Waals surface area (Å²) in [4.78, 5) is 4.45. The molecule has 0 spiro atoms. The van der Waals surface area contributed by atoms with Crippen LogP contribution in [0.15, 0.2) is 17.0 Å². The molecule has 0 saturated heterocycles. The number of oxime groups is 1. The van der Waals surface area contributed by atoms with E-state index in [9.17, 15) is 0 Å². The van der Waals surface area contributed by atoms with Crippen molar-refractivity contribution in [1.29, 1.82) is 0 Å². The summed E-state index contributed by atoms with van der Waals surface area (Å²) in [5.41, 5.74) is 1.08. The van der Waals surface area contributed by atoms with Crippen LogP contribution < -0.4 is 0 Å². The van der Waals surface area contributed by atoms with Gasteiger partial charge in [0.05, 0.1) is 0 Å². The SMILES string of the molecule is C=NOC=C(C)C.CC.CC. The van der Waals surface area contributed by atoms with E-state index in [1.807, 2.05) is 41.5 Å². The molecule has 0 bridgehead atoms. The zero-order valence-corrected chi connectivity index (χ0v) is 8.64. The second-order valence-electron chi connectivity index (χ2n) is 1.43. The molecule has 0 rings (SSSR count). The molecule has 68 valence electrons. The van der Waals surface area contributed by atoms with Crippen LogP contribution >= 0.6 is 0 Å². The Balaban J connectivity index is -0.000000138. The molecule has 0 radical (unpaired) electrons. The molecular weight excluding hydrogens is 138 g/mol. The van der Waals surface area contributed by atoms with Gasteiger partial charge in [0.15, 0.2) is 0 Å². The van der Waals surface area contributed by atoms with Crippen LogP contribution in [-0.2, 0) is 4.84 Å². The van der Waals surface area contributed by atoms with Crippen molar-refractivity contribution >= 4 is 6.72 Å². The first-order valence-electron chi connectivity index (χ1n) is 4.02. The van der Waals surface area contributed by atoms with E-state index in [4.69, 9.17) is 0 Å². The van der Waals surface area contributed by atoms with Crippen molar-refractivity contribution < 1.29 is 4.84 Å². The first-order chi connectivity index (χ1) is 5.27. The Morgan fingerprint density at radius 1 is 1.18 bits per heavy atom. The maximum absolute atomic E-state index is 4.45. The molecule has 11 heavy (non-hydrogen) atoms. The van der Waals surface area contributed by atoms with Gasteiger partial charge in [-0.1, -0.05) is 32.9 Å². The van der Waals surface area contributed by atoms with Crippen molar-refractivity contribution in [3.05, 3.63) is 11.8 Å². The summed E-state index contributed by atoms with van der Waals surface area (Å²) in [7, 11) is 0. The summed E-state index contributed by atoms with van der Waals surface area (Å²) in [5.74, 6) is 0. The van der Waals surface area contributed by atoms with Gasteiger partial charge in [0, 0.05) is 6.72 Å². The van der Waals surface area contributed by atoms with Crippen LogP contribution in [0.1, 0.15) is 41.5 Å². The molecule has 0 amide bonds. The third-order valence-electron chi connectivity index (χ3n) is 0.363. The summed E-state index contributed by atoms with van der Waals surface area (Å²) in [6.45, 7) is 15.0. The van der Waals surface area contributed by atoms with E-state index < -0.39 is 0 Å². The normalized spacial score (nSPS) is 5.64. The minimum Gasteiger partial charge on any atom is -0.366 e. The van der Waals surface area contributed by atoms with Gasteiger partial charge in [-0.05, 0) is 19.4 Å². The van der Waals surface area contributed by atoms with Gasteiger partial charge in [-0.3, -0.25) is 0 Å². The molecule has 0 atom stereocenters. The highest BCUT2D eigenvalue weighted by Gasteiger charge is 1.70. The van der Waals surface area contributed by atoms with Crippen LogP contribution in [0.4, 0.5) is 0 Å². The number of allylic oxidation sites excluding steroid dienone is 1. The van der Waals surface area contributed by atoms with Crippen LogP contribution in [-0.4, -0.2) is 6.72 Å². The zero-order chi connectivity index (χ0) is 9.70. The van der Waals surface area contributed by atoms with Gasteiger partial charge < -0.3 is 4.84 Å². The highest BCUT2D eigenvalue weighted by molar-refractivity contribution is 5.21. The predicted octanol–water partition coefficient (Wildman–Crippen LogP) is 3.59. The third kappa shape index (κ3) is 46.5. The van der Waals surface area contributed by atoms with Crippen LogP contribution in [0.5, 0.6) is 0 Å². The van der Waals surface area contributed by atoms with Crippen molar-refractivity contribution in [3.8, 4) is 0 Å². The summed E-state index contributed by atoms with van der Waals surface area (Å²) in [5, 5.41) is 3.15. The minimum atomic E-state index is 1.08. The summed E-state index contributed by atoms with van der Waals surface area (Å²) >= 11 is 0. The van der Waals surface area contributed by atoms with Crippen LogP contribution in [0.25, 0.3) is 0 Å². The summed E-state index contributed by atoms with van der Waals surface area (Å²) < 4.78 is 0.